The molecule has 1 atom stereocenters. The van der Waals surface area contributed by atoms with Crippen molar-refractivity contribution < 1.29 is 19.1 Å². The summed E-state index contributed by atoms with van der Waals surface area (Å²) in [5.74, 6) is -1.19. The second kappa shape index (κ2) is 11.7. The Balaban J connectivity index is 1.56. The number of aryl methyl sites for hydroxylation is 2. The maximum Gasteiger partial charge on any atom is 0.336 e. The van der Waals surface area contributed by atoms with Gasteiger partial charge in [-0.05, 0) is 86.3 Å². The first-order valence-electron chi connectivity index (χ1n) is 12.6. The molecule has 2 amide bonds. The minimum Gasteiger partial charge on any atom is -0.463 e. The van der Waals surface area contributed by atoms with Gasteiger partial charge >= 0.3 is 5.97 Å². The number of nitrogens with zero attached hydrogens (tertiary/aromatic N) is 1. The topological polar surface area (TPSA) is 75.7 Å². The molecule has 4 rings (SSSR count). The lowest BCUT2D eigenvalue weighted by Gasteiger charge is -2.34. The zero-order valence-corrected chi connectivity index (χ0v) is 22.8. The molecule has 38 heavy (non-hydrogen) atoms. The minimum atomic E-state index is -0.439. The number of allylic oxidation sites excluding steroid dienone is 1. The van der Waals surface area contributed by atoms with Crippen LogP contribution in [0.5, 0.6) is 0 Å². The molecule has 6 nitrogen and oxygen atoms in total. The molecule has 0 saturated carbocycles. The molecule has 1 heterocycles. The molecule has 1 aliphatic heterocycles. The average Bonchev–Trinajstić information content (AvgIpc) is 2.88. The first kappa shape index (κ1) is 27.1. The SMILES string of the molecule is CCOC(=O)C1=C(C)N(Cc2ccc(C(=O)Nc3ccc(C)c(C)c3)cc2)C(=O)CC1c1cccc(Cl)c1. The third kappa shape index (κ3) is 5.97. The van der Waals surface area contributed by atoms with Crippen molar-refractivity contribution in [3.63, 3.8) is 0 Å². The van der Waals surface area contributed by atoms with Gasteiger partial charge in [0, 0.05) is 34.3 Å². The van der Waals surface area contributed by atoms with Crippen molar-refractivity contribution in [2.75, 3.05) is 11.9 Å². The third-order valence-electron chi connectivity index (χ3n) is 6.89. The number of carbonyl (C=O) groups excluding carboxylic acids is 3. The van der Waals surface area contributed by atoms with E-state index in [4.69, 9.17) is 16.3 Å². The fraction of sp³-hybridized carbons (Fsp3) is 0.258. The number of esters is 1. The number of halogens is 1. The highest BCUT2D eigenvalue weighted by atomic mass is 35.5. The third-order valence-corrected chi connectivity index (χ3v) is 7.13. The maximum atomic E-state index is 13.3. The van der Waals surface area contributed by atoms with E-state index in [1.807, 2.05) is 56.3 Å². The molecule has 0 aromatic heterocycles. The van der Waals surface area contributed by atoms with E-state index in [1.54, 1.807) is 43.0 Å². The smallest absolute Gasteiger partial charge is 0.336 e. The van der Waals surface area contributed by atoms with E-state index < -0.39 is 11.9 Å². The van der Waals surface area contributed by atoms with Gasteiger partial charge in [0.1, 0.15) is 0 Å². The molecule has 1 aliphatic rings. The number of benzene rings is 3. The highest BCUT2D eigenvalue weighted by Gasteiger charge is 2.37. The molecular weight excluding hydrogens is 500 g/mol. The molecule has 1 unspecified atom stereocenters. The van der Waals surface area contributed by atoms with Crippen LogP contribution in [0.4, 0.5) is 5.69 Å². The van der Waals surface area contributed by atoms with E-state index >= 15 is 0 Å². The van der Waals surface area contributed by atoms with E-state index in [1.165, 1.54) is 0 Å². The van der Waals surface area contributed by atoms with Gasteiger partial charge in [0.05, 0.1) is 18.7 Å². The second-order valence-corrected chi connectivity index (χ2v) is 9.90. The monoisotopic (exact) mass is 530 g/mol. The van der Waals surface area contributed by atoms with Crippen LogP contribution < -0.4 is 5.32 Å². The quantitative estimate of drug-likeness (QED) is 0.351. The molecule has 0 saturated heterocycles. The number of anilines is 1. The second-order valence-electron chi connectivity index (χ2n) is 9.46. The van der Waals surface area contributed by atoms with E-state index in [0.717, 1.165) is 27.9 Å². The zero-order valence-electron chi connectivity index (χ0n) is 22.0. The maximum absolute atomic E-state index is 13.3. The van der Waals surface area contributed by atoms with Gasteiger partial charge in [0.25, 0.3) is 5.91 Å². The molecule has 0 spiro atoms. The van der Waals surface area contributed by atoms with Gasteiger partial charge in [-0.2, -0.15) is 0 Å². The van der Waals surface area contributed by atoms with Crippen molar-refractivity contribution in [3.05, 3.63) is 111 Å². The Morgan fingerprint density at radius 2 is 1.74 bits per heavy atom. The molecule has 1 N–H and O–H groups in total. The lowest BCUT2D eigenvalue weighted by molar-refractivity contribution is -0.140. The van der Waals surface area contributed by atoms with E-state index in [-0.39, 0.29) is 31.4 Å². The standard InChI is InChI=1S/C31H31ClN2O4/c1-5-38-31(37)29-21(4)34(28(35)17-27(29)24-7-6-8-25(32)16-24)18-22-10-12-23(13-11-22)30(36)33-26-14-9-19(2)20(3)15-26/h6-16,27H,5,17-18H2,1-4H3,(H,33,36). The van der Waals surface area contributed by atoms with Gasteiger partial charge in [-0.1, -0.05) is 41.9 Å². The zero-order chi connectivity index (χ0) is 27.4. The van der Waals surface area contributed by atoms with E-state index in [2.05, 4.69) is 5.32 Å². The highest BCUT2D eigenvalue weighted by Crippen LogP contribution is 2.38. The van der Waals surface area contributed by atoms with Gasteiger partial charge in [0.2, 0.25) is 5.91 Å². The van der Waals surface area contributed by atoms with Gasteiger partial charge in [-0.15, -0.1) is 0 Å². The van der Waals surface area contributed by atoms with Gasteiger partial charge in [-0.25, -0.2) is 4.79 Å². The van der Waals surface area contributed by atoms with Crippen LogP contribution in [0.3, 0.4) is 0 Å². The summed E-state index contributed by atoms with van der Waals surface area (Å²) in [4.78, 5) is 40.6. The van der Waals surface area contributed by atoms with Crippen molar-refractivity contribution in [2.45, 2.75) is 46.6 Å². The lowest BCUT2D eigenvalue weighted by Crippen LogP contribution is -2.38. The summed E-state index contributed by atoms with van der Waals surface area (Å²) < 4.78 is 5.36. The number of rotatable bonds is 7. The Bertz CT molecular complexity index is 1410. The highest BCUT2D eigenvalue weighted by molar-refractivity contribution is 6.30. The summed E-state index contributed by atoms with van der Waals surface area (Å²) in [6.07, 6.45) is 0.127. The van der Waals surface area contributed by atoms with Crippen LogP contribution in [0, 0.1) is 13.8 Å². The van der Waals surface area contributed by atoms with Gasteiger partial charge in [0.15, 0.2) is 0 Å². The fourth-order valence-electron chi connectivity index (χ4n) is 4.65. The number of hydrogen-bond donors (Lipinski definition) is 1. The Morgan fingerprint density at radius 1 is 1.00 bits per heavy atom. The van der Waals surface area contributed by atoms with Crippen LogP contribution in [0.1, 0.15) is 58.8 Å². The molecular formula is C31H31ClN2O4. The minimum absolute atomic E-state index is 0.0999. The van der Waals surface area contributed by atoms with Gasteiger partial charge in [-0.3, -0.25) is 9.59 Å². The molecule has 0 fully saturated rings. The van der Waals surface area contributed by atoms with Crippen molar-refractivity contribution in [1.29, 1.82) is 0 Å². The predicted octanol–water partition coefficient (Wildman–Crippen LogP) is 6.56. The van der Waals surface area contributed by atoms with Crippen LogP contribution in [0.2, 0.25) is 5.02 Å². The van der Waals surface area contributed by atoms with Crippen molar-refractivity contribution in [3.8, 4) is 0 Å². The summed E-state index contributed by atoms with van der Waals surface area (Å²) in [6.45, 7) is 8.06. The van der Waals surface area contributed by atoms with Crippen molar-refractivity contribution in [1.82, 2.24) is 4.90 Å². The van der Waals surface area contributed by atoms with E-state index in [0.29, 0.717) is 21.9 Å². The lowest BCUT2D eigenvalue weighted by atomic mass is 9.83. The summed E-state index contributed by atoms with van der Waals surface area (Å²) in [5.41, 5.74) is 6.16. The Labute approximate surface area is 228 Å². The number of ether oxygens (including phenoxy) is 1. The molecule has 196 valence electrons. The Kier molecular flexibility index (Phi) is 8.32. The Morgan fingerprint density at radius 3 is 2.39 bits per heavy atom. The molecule has 0 radical (unpaired) electrons. The summed E-state index contributed by atoms with van der Waals surface area (Å²) in [6, 6.07) is 20.1. The number of amides is 2. The van der Waals surface area contributed by atoms with E-state index in [9.17, 15) is 14.4 Å². The van der Waals surface area contributed by atoms with Crippen LogP contribution in [0.25, 0.3) is 0 Å². The van der Waals surface area contributed by atoms with Crippen LogP contribution in [0.15, 0.2) is 78.0 Å². The van der Waals surface area contributed by atoms with Crippen molar-refractivity contribution >= 4 is 35.1 Å². The summed E-state index contributed by atoms with van der Waals surface area (Å²) in [7, 11) is 0. The molecule has 0 bridgehead atoms. The molecule has 0 aliphatic carbocycles. The van der Waals surface area contributed by atoms with Crippen LogP contribution in [-0.4, -0.2) is 29.3 Å². The number of hydrogen-bond acceptors (Lipinski definition) is 4. The molecule has 3 aromatic rings. The largest absolute Gasteiger partial charge is 0.463 e. The van der Waals surface area contributed by atoms with Crippen molar-refractivity contribution in [2.24, 2.45) is 0 Å². The first-order valence-corrected chi connectivity index (χ1v) is 13.0. The van der Waals surface area contributed by atoms with Crippen LogP contribution >= 0.6 is 11.6 Å². The first-order chi connectivity index (χ1) is 18.2. The van der Waals surface area contributed by atoms with Crippen LogP contribution in [-0.2, 0) is 20.9 Å². The van der Waals surface area contributed by atoms with Gasteiger partial charge < -0.3 is 15.0 Å². The Hall–Kier alpha value is -3.90. The molecule has 7 heteroatoms. The normalized spacial score (nSPS) is 15.4. The number of carbonyl (C=O) groups is 3. The predicted molar refractivity (Wildman–Crippen MR) is 149 cm³/mol. The fourth-order valence-corrected chi connectivity index (χ4v) is 4.85. The molecule has 3 aromatic carbocycles. The average molecular weight is 531 g/mol. The summed E-state index contributed by atoms with van der Waals surface area (Å²) >= 11 is 6.20. The summed E-state index contributed by atoms with van der Waals surface area (Å²) in [5, 5.41) is 3.47. The number of nitrogens with one attached hydrogen (secondary N) is 1.